The number of nitrogens with one attached hydrogen (secondary N) is 2. The average molecular weight is 177 g/mol. The second-order valence-corrected chi connectivity index (χ2v) is 2.76. The third-order valence-electron chi connectivity index (χ3n) is 1.80. The fraction of sp³-hybridized carbons (Fsp3) is 0.111. The standard InChI is InChI=1S/C9H11N3O/c13-9-4-2-8(3-5-9)12-7-1-6-10-11-12/h1-5,7,10-11,13H,6H2. The van der Waals surface area contributed by atoms with Crippen LogP contribution in [-0.4, -0.2) is 11.7 Å². The molecule has 3 N–H and O–H groups in total. The van der Waals surface area contributed by atoms with Gasteiger partial charge in [-0.2, -0.15) is 5.53 Å². The summed E-state index contributed by atoms with van der Waals surface area (Å²) in [4.78, 5) is 0. The minimum absolute atomic E-state index is 0.276. The van der Waals surface area contributed by atoms with E-state index < -0.39 is 0 Å². The third kappa shape index (κ3) is 1.80. The summed E-state index contributed by atoms with van der Waals surface area (Å²) < 4.78 is 0. The van der Waals surface area contributed by atoms with Crippen molar-refractivity contribution in [1.82, 2.24) is 11.0 Å². The van der Waals surface area contributed by atoms with Gasteiger partial charge in [-0.3, -0.25) is 5.01 Å². The van der Waals surface area contributed by atoms with Crippen LogP contribution in [0.2, 0.25) is 0 Å². The molecule has 0 fully saturated rings. The fourth-order valence-corrected chi connectivity index (χ4v) is 1.15. The van der Waals surface area contributed by atoms with Gasteiger partial charge in [0.1, 0.15) is 5.75 Å². The molecule has 0 aromatic heterocycles. The van der Waals surface area contributed by atoms with Crippen LogP contribution in [0, 0.1) is 0 Å². The van der Waals surface area contributed by atoms with E-state index in [1.165, 1.54) is 0 Å². The van der Waals surface area contributed by atoms with E-state index in [0.29, 0.717) is 0 Å². The maximum atomic E-state index is 9.08. The molecule has 0 radical (unpaired) electrons. The van der Waals surface area contributed by atoms with Crippen molar-refractivity contribution in [2.24, 2.45) is 0 Å². The van der Waals surface area contributed by atoms with Crippen LogP contribution in [0.15, 0.2) is 36.5 Å². The van der Waals surface area contributed by atoms with Crippen molar-refractivity contribution in [1.29, 1.82) is 0 Å². The van der Waals surface area contributed by atoms with E-state index in [-0.39, 0.29) is 5.75 Å². The van der Waals surface area contributed by atoms with Crippen LogP contribution in [0.1, 0.15) is 0 Å². The van der Waals surface area contributed by atoms with E-state index in [0.717, 1.165) is 12.2 Å². The largest absolute Gasteiger partial charge is 0.508 e. The minimum atomic E-state index is 0.276. The Morgan fingerprint density at radius 3 is 2.62 bits per heavy atom. The van der Waals surface area contributed by atoms with Gasteiger partial charge in [-0.1, -0.05) is 6.08 Å². The lowest BCUT2D eigenvalue weighted by Crippen LogP contribution is -2.47. The van der Waals surface area contributed by atoms with Crippen LogP contribution in [0.25, 0.3) is 0 Å². The van der Waals surface area contributed by atoms with Crippen molar-refractivity contribution in [3.63, 3.8) is 0 Å². The molecule has 0 spiro atoms. The van der Waals surface area contributed by atoms with Gasteiger partial charge >= 0.3 is 0 Å². The van der Waals surface area contributed by atoms with E-state index >= 15 is 0 Å². The molecule has 0 amide bonds. The number of benzene rings is 1. The Bertz CT molecular complexity index is 307. The predicted octanol–water partition coefficient (Wildman–Crippen LogP) is 0.735. The van der Waals surface area contributed by atoms with Crippen LogP contribution < -0.4 is 16.0 Å². The van der Waals surface area contributed by atoms with Crippen LogP contribution in [0.4, 0.5) is 5.69 Å². The third-order valence-corrected chi connectivity index (χ3v) is 1.80. The highest BCUT2D eigenvalue weighted by Gasteiger charge is 2.03. The molecule has 13 heavy (non-hydrogen) atoms. The number of hydrogen-bond acceptors (Lipinski definition) is 4. The predicted molar refractivity (Wildman–Crippen MR) is 50.9 cm³/mol. The highest BCUT2D eigenvalue weighted by atomic mass is 16.3. The molecule has 0 bridgehead atoms. The number of nitrogens with zero attached hydrogens (tertiary/aromatic N) is 1. The van der Waals surface area contributed by atoms with E-state index in [1.54, 1.807) is 12.1 Å². The number of aromatic hydroxyl groups is 1. The summed E-state index contributed by atoms with van der Waals surface area (Å²) >= 11 is 0. The number of anilines is 1. The molecule has 0 saturated carbocycles. The second kappa shape index (κ2) is 3.47. The lowest BCUT2D eigenvalue weighted by molar-refractivity contribution is 0.475. The molecule has 2 rings (SSSR count). The zero-order chi connectivity index (χ0) is 9.10. The molecule has 1 heterocycles. The van der Waals surface area contributed by atoms with Gasteiger partial charge in [-0.25, -0.2) is 5.43 Å². The lowest BCUT2D eigenvalue weighted by atomic mass is 10.3. The van der Waals surface area contributed by atoms with Crippen molar-refractivity contribution in [2.75, 3.05) is 11.6 Å². The molecule has 0 saturated heterocycles. The summed E-state index contributed by atoms with van der Waals surface area (Å²) in [5, 5.41) is 10.9. The molecule has 1 aromatic rings. The fourth-order valence-electron chi connectivity index (χ4n) is 1.15. The highest BCUT2D eigenvalue weighted by molar-refractivity contribution is 5.50. The molecule has 1 aliphatic rings. The van der Waals surface area contributed by atoms with Gasteiger partial charge < -0.3 is 5.11 Å². The molecule has 0 atom stereocenters. The Morgan fingerprint density at radius 1 is 1.23 bits per heavy atom. The molecule has 4 heteroatoms. The Balaban J connectivity index is 2.19. The molecular weight excluding hydrogens is 166 g/mol. The molecule has 1 aliphatic heterocycles. The van der Waals surface area contributed by atoms with Gasteiger partial charge in [-0.05, 0) is 24.3 Å². The van der Waals surface area contributed by atoms with E-state index in [1.807, 2.05) is 29.4 Å². The van der Waals surface area contributed by atoms with Gasteiger partial charge in [0.05, 0.1) is 5.69 Å². The summed E-state index contributed by atoms with van der Waals surface area (Å²) in [6.45, 7) is 0.814. The highest BCUT2D eigenvalue weighted by Crippen LogP contribution is 2.17. The smallest absolute Gasteiger partial charge is 0.115 e. The van der Waals surface area contributed by atoms with Crippen molar-refractivity contribution >= 4 is 5.69 Å². The van der Waals surface area contributed by atoms with Crippen LogP contribution in [0.3, 0.4) is 0 Å². The number of phenolic OH excluding ortho intramolecular Hbond substituents is 1. The SMILES string of the molecule is Oc1ccc(N2C=CCNN2)cc1. The summed E-state index contributed by atoms with van der Waals surface area (Å²) in [6, 6.07) is 6.97. The molecule has 0 aliphatic carbocycles. The molecule has 0 unspecified atom stereocenters. The number of hydrazine groups is 2. The van der Waals surface area contributed by atoms with E-state index in [9.17, 15) is 0 Å². The Morgan fingerprint density at radius 2 is 2.00 bits per heavy atom. The topological polar surface area (TPSA) is 47.5 Å². The first-order chi connectivity index (χ1) is 6.36. The van der Waals surface area contributed by atoms with Crippen LogP contribution in [-0.2, 0) is 0 Å². The molecule has 68 valence electrons. The second-order valence-electron chi connectivity index (χ2n) is 2.76. The van der Waals surface area contributed by atoms with Gasteiger partial charge in [0.25, 0.3) is 0 Å². The maximum absolute atomic E-state index is 9.08. The Labute approximate surface area is 76.4 Å². The maximum Gasteiger partial charge on any atom is 0.115 e. The first-order valence-corrected chi connectivity index (χ1v) is 4.10. The Hall–Kier alpha value is -1.52. The summed E-state index contributed by atoms with van der Waals surface area (Å²) in [7, 11) is 0. The van der Waals surface area contributed by atoms with Crippen molar-refractivity contribution in [2.45, 2.75) is 0 Å². The van der Waals surface area contributed by atoms with Crippen molar-refractivity contribution in [3.05, 3.63) is 36.5 Å². The van der Waals surface area contributed by atoms with Gasteiger partial charge in [-0.15, -0.1) is 0 Å². The first-order valence-electron chi connectivity index (χ1n) is 4.10. The molecule has 1 aromatic carbocycles. The number of phenols is 1. The molecular formula is C9H11N3O. The quantitative estimate of drug-likeness (QED) is 0.592. The zero-order valence-corrected chi connectivity index (χ0v) is 7.07. The number of hydrogen-bond donors (Lipinski definition) is 3. The summed E-state index contributed by atoms with van der Waals surface area (Å²) in [6.07, 6.45) is 3.94. The summed E-state index contributed by atoms with van der Waals surface area (Å²) in [5.74, 6) is 0.276. The Kier molecular flexibility index (Phi) is 2.16. The average Bonchev–Trinajstić information content (AvgIpc) is 2.20. The number of rotatable bonds is 1. The van der Waals surface area contributed by atoms with E-state index in [4.69, 9.17) is 5.11 Å². The van der Waals surface area contributed by atoms with Gasteiger partial charge in [0.2, 0.25) is 0 Å². The van der Waals surface area contributed by atoms with Crippen molar-refractivity contribution in [3.8, 4) is 5.75 Å². The van der Waals surface area contributed by atoms with Crippen LogP contribution >= 0.6 is 0 Å². The molecule has 4 nitrogen and oxygen atoms in total. The van der Waals surface area contributed by atoms with Crippen molar-refractivity contribution < 1.29 is 5.11 Å². The lowest BCUT2D eigenvalue weighted by Gasteiger charge is -2.24. The monoisotopic (exact) mass is 177 g/mol. The zero-order valence-electron chi connectivity index (χ0n) is 7.07. The normalized spacial score (nSPS) is 16.2. The first kappa shape index (κ1) is 8.10. The minimum Gasteiger partial charge on any atom is -0.508 e. The summed E-state index contributed by atoms with van der Waals surface area (Å²) in [5.41, 5.74) is 6.92. The van der Waals surface area contributed by atoms with Gasteiger partial charge in [0, 0.05) is 12.7 Å². The van der Waals surface area contributed by atoms with Gasteiger partial charge in [0.15, 0.2) is 0 Å². The van der Waals surface area contributed by atoms with E-state index in [2.05, 4.69) is 11.0 Å². The van der Waals surface area contributed by atoms with Crippen LogP contribution in [0.5, 0.6) is 5.75 Å².